The molecule has 37 heavy (non-hydrogen) atoms. The van der Waals surface area contributed by atoms with Gasteiger partial charge >= 0.3 is 5.97 Å². The smallest absolute Gasteiger partial charge is 0.311 e. The molecule has 1 saturated heterocycles. The molecular weight excluding hydrogens is 514 g/mol. The van der Waals surface area contributed by atoms with Gasteiger partial charge in [0, 0.05) is 23.8 Å². The van der Waals surface area contributed by atoms with Crippen LogP contribution in [-0.4, -0.2) is 87.9 Å². The van der Waals surface area contributed by atoms with Crippen molar-refractivity contribution in [3.8, 4) is 5.75 Å². The number of aliphatic hydroxyl groups is 4. The summed E-state index contributed by atoms with van der Waals surface area (Å²) in [7, 11) is 0. The average molecular weight is 542 g/mol. The van der Waals surface area contributed by atoms with E-state index in [0.29, 0.717) is 11.8 Å². The number of carbonyl (C=O) groups is 5. The Kier molecular flexibility index (Phi) is 8.77. The number of esters is 1. The first-order chi connectivity index (χ1) is 17.0. The zero-order chi connectivity index (χ0) is 28.5. The number of nitrogens with zero attached hydrogens (tertiary/aromatic N) is 1. The SMILES string of the molecule is CC(=O)C(O)[C@@H]1S[C@H](CCC(=O)Oc2ccc([N+](=O)[O-])cc2)[C@@](O)(C(C)=O)[C@](O)(C(C)=O)[C@]1(O)C(C)=O. The van der Waals surface area contributed by atoms with Crippen LogP contribution in [0.4, 0.5) is 5.69 Å². The molecule has 0 aliphatic carbocycles. The van der Waals surface area contributed by atoms with Gasteiger partial charge in [0.05, 0.1) is 10.2 Å². The fourth-order valence-electron chi connectivity index (χ4n) is 4.44. The van der Waals surface area contributed by atoms with Crippen LogP contribution >= 0.6 is 11.8 Å². The third kappa shape index (κ3) is 4.94. The summed E-state index contributed by atoms with van der Waals surface area (Å²) in [5.41, 5.74) is -10.1. The summed E-state index contributed by atoms with van der Waals surface area (Å²) in [5, 5.41) is 52.1. The van der Waals surface area contributed by atoms with Crippen LogP contribution in [0.2, 0.25) is 0 Å². The molecule has 0 radical (unpaired) electrons. The lowest BCUT2D eigenvalue weighted by Crippen LogP contribution is -2.85. The maximum absolute atomic E-state index is 12.7. The summed E-state index contributed by atoms with van der Waals surface area (Å²) in [5.74, 6) is -5.82. The number of rotatable bonds is 10. The fraction of sp³-hybridized carbons (Fsp3) is 0.522. The van der Waals surface area contributed by atoms with Gasteiger partial charge in [-0.25, -0.2) is 0 Å². The maximum Gasteiger partial charge on any atom is 0.311 e. The number of carbonyl (C=O) groups excluding carboxylic acids is 5. The standard InChI is InChI=1S/C23H27NO12S/c1-11(25)19(30)20-22(32,13(3)27)23(33,14(4)28)21(31,12(2)26)17(37-20)9-10-18(29)36-16-7-5-15(6-8-16)24(34)35/h5-8,17,19-20,30-33H,9-10H2,1-4H3/t17-,19?,20+,21+,22+,23-/m1/s1. The molecule has 0 spiro atoms. The van der Waals surface area contributed by atoms with E-state index >= 15 is 0 Å². The molecular formula is C23H27NO12S. The van der Waals surface area contributed by atoms with Gasteiger partial charge in [-0.2, -0.15) is 0 Å². The van der Waals surface area contributed by atoms with E-state index in [-0.39, 0.29) is 11.4 Å². The van der Waals surface area contributed by atoms with Crippen LogP contribution in [0.15, 0.2) is 24.3 Å². The van der Waals surface area contributed by atoms with E-state index in [1.807, 2.05) is 0 Å². The molecule has 14 heteroatoms. The van der Waals surface area contributed by atoms with Crippen molar-refractivity contribution in [3.63, 3.8) is 0 Å². The first-order valence-electron chi connectivity index (χ1n) is 11.0. The van der Waals surface area contributed by atoms with E-state index in [1.54, 1.807) is 0 Å². The minimum atomic E-state index is -3.49. The number of Topliss-reactive ketones (excluding diaryl/α,β-unsaturated/α-hetero) is 4. The number of nitro benzene ring substituents is 1. The van der Waals surface area contributed by atoms with Gasteiger partial charge in [-0.1, -0.05) is 0 Å². The Morgan fingerprint density at radius 3 is 1.89 bits per heavy atom. The molecule has 1 aromatic carbocycles. The summed E-state index contributed by atoms with van der Waals surface area (Å²) in [6.07, 6.45) is -3.12. The van der Waals surface area contributed by atoms with E-state index in [2.05, 4.69) is 0 Å². The third-order valence-electron chi connectivity index (χ3n) is 6.47. The molecule has 1 aliphatic heterocycles. The number of benzene rings is 1. The minimum absolute atomic E-state index is 0.0511. The van der Waals surface area contributed by atoms with Gasteiger partial charge in [0.1, 0.15) is 11.9 Å². The molecule has 1 unspecified atom stereocenters. The number of thioether (sulfide) groups is 1. The predicted molar refractivity (Wildman–Crippen MR) is 127 cm³/mol. The molecule has 4 N–H and O–H groups in total. The summed E-state index contributed by atoms with van der Waals surface area (Å²) >= 11 is 0.404. The van der Waals surface area contributed by atoms with E-state index in [1.165, 1.54) is 0 Å². The molecule has 1 aliphatic rings. The fourth-order valence-corrected chi connectivity index (χ4v) is 6.45. The molecule has 0 saturated carbocycles. The lowest BCUT2D eigenvalue weighted by atomic mass is 9.61. The van der Waals surface area contributed by atoms with E-state index in [0.717, 1.165) is 52.0 Å². The second-order valence-electron chi connectivity index (χ2n) is 8.78. The Labute approximate surface area is 215 Å². The van der Waals surface area contributed by atoms with E-state index in [9.17, 15) is 54.5 Å². The number of ketones is 4. The molecule has 0 bridgehead atoms. The number of non-ortho nitro benzene ring substituents is 1. The third-order valence-corrected chi connectivity index (χ3v) is 8.27. The van der Waals surface area contributed by atoms with Gasteiger partial charge in [-0.05, 0) is 46.2 Å². The monoisotopic (exact) mass is 541 g/mol. The number of ether oxygens (including phenoxy) is 1. The van der Waals surface area contributed by atoms with Gasteiger partial charge in [-0.3, -0.25) is 34.1 Å². The van der Waals surface area contributed by atoms with Crippen molar-refractivity contribution in [1.82, 2.24) is 0 Å². The molecule has 6 atom stereocenters. The van der Waals surface area contributed by atoms with Gasteiger partial charge < -0.3 is 25.2 Å². The van der Waals surface area contributed by atoms with Crippen molar-refractivity contribution in [3.05, 3.63) is 34.4 Å². The average Bonchev–Trinajstić information content (AvgIpc) is 2.81. The van der Waals surface area contributed by atoms with Gasteiger partial charge in [0.15, 0.2) is 39.9 Å². The highest BCUT2D eigenvalue weighted by Gasteiger charge is 2.78. The van der Waals surface area contributed by atoms with Crippen LogP contribution < -0.4 is 4.74 Å². The normalized spacial score (nSPS) is 30.2. The van der Waals surface area contributed by atoms with Crippen molar-refractivity contribution in [2.75, 3.05) is 0 Å². The Hall–Kier alpha value is -3.04. The van der Waals surface area contributed by atoms with Crippen molar-refractivity contribution in [1.29, 1.82) is 0 Å². The van der Waals surface area contributed by atoms with Crippen LogP contribution in [0.25, 0.3) is 0 Å². The zero-order valence-corrected chi connectivity index (χ0v) is 21.2. The first kappa shape index (κ1) is 30.2. The minimum Gasteiger partial charge on any atom is -0.427 e. The lowest BCUT2D eigenvalue weighted by Gasteiger charge is -2.58. The van der Waals surface area contributed by atoms with Crippen LogP contribution in [-0.2, 0) is 24.0 Å². The quantitative estimate of drug-likeness (QED) is 0.129. The van der Waals surface area contributed by atoms with Crippen LogP contribution in [0.3, 0.4) is 0 Å². The molecule has 13 nitrogen and oxygen atoms in total. The highest BCUT2D eigenvalue weighted by Crippen LogP contribution is 2.54. The molecule has 0 aromatic heterocycles. The highest BCUT2D eigenvalue weighted by atomic mass is 32.2. The van der Waals surface area contributed by atoms with E-state index in [4.69, 9.17) is 4.74 Å². The Balaban J connectivity index is 2.48. The van der Waals surface area contributed by atoms with Crippen LogP contribution in [0, 0.1) is 10.1 Å². The molecule has 1 aromatic rings. The Bertz CT molecular complexity index is 1140. The number of aliphatic hydroxyl groups excluding tert-OH is 1. The highest BCUT2D eigenvalue weighted by molar-refractivity contribution is 8.00. The molecule has 1 heterocycles. The van der Waals surface area contributed by atoms with Gasteiger partial charge in [0.25, 0.3) is 5.69 Å². The Morgan fingerprint density at radius 1 is 0.973 bits per heavy atom. The molecule has 1 fully saturated rings. The predicted octanol–water partition coefficient (Wildman–Crippen LogP) is -0.325. The molecule has 202 valence electrons. The number of hydrogen-bond donors (Lipinski definition) is 4. The van der Waals surface area contributed by atoms with E-state index < -0.39 is 80.3 Å². The second-order valence-corrected chi connectivity index (χ2v) is 10.1. The second kappa shape index (κ2) is 10.8. The summed E-state index contributed by atoms with van der Waals surface area (Å²) in [6.45, 7) is 3.21. The molecule has 2 rings (SSSR count). The topological polar surface area (TPSA) is 219 Å². The van der Waals surface area contributed by atoms with Crippen molar-refractivity contribution < 1.29 is 54.1 Å². The van der Waals surface area contributed by atoms with Crippen molar-refractivity contribution >= 4 is 46.6 Å². The van der Waals surface area contributed by atoms with Crippen molar-refractivity contribution in [2.24, 2.45) is 0 Å². The Morgan fingerprint density at radius 2 is 1.49 bits per heavy atom. The van der Waals surface area contributed by atoms with Crippen LogP contribution in [0.5, 0.6) is 5.75 Å². The molecule has 0 amide bonds. The van der Waals surface area contributed by atoms with Gasteiger partial charge in [-0.15, -0.1) is 11.8 Å². The maximum atomic E-state index is 12.7. The van der Waals surface area contributed by atoms with Crippen molar-refractivity contribution in [2.45, 2.75) is 73.9 Å². The first-order valence-corrected chi connectivity index (χ1v) is 11.9. The number of hydrogen-bond acceptors (Lipinski definition) is 13. The largest absolute Gasteiger partial charge is 0.427 e. The number of nitro groups is 1. The summed E-state index contributed by atoms with van der Waals surface area (Å²) < 4.78 is 5.09. The summed E-state index contributed by atoms with van der Waals surface area (Å²) in [4.78, 5) is 72.5. The van der Waals surface area contributed by atoms with Gasteiger partial charge in [0.2, 0.25) is 0 Å². The lowest BCUT2D eigenvalue weighted by molar-refractivity contribution is -0.384. The summed E-state index contributed by atoms with van der Waals surface area (Å²) in [6, 6.07) is 4.52. The zero-order valence-electron chi connectivity index (χ0n) is 20.4. The van der Waals surface area contributed by atoms with Crippen LogP contribution in [0.1, 0.15) is 40.5 Å².